The van der Waals surface area contributed by atoms with Gasteiger partial charge in [0.05, 0.1) is 5.69 Å². The molecule has 1 aromatic carbocycles. The van der Waals surface area contributed by atoms with Gasteiger partial charge >= 0.3 is 0 Å². The van der Waals surface area contributed by atoms with Crippen molar-refractivity contribution < 1.29 is 0 Å². The van der Waals surface area contributed by atoms with Gasteiger partial charge in [0.25, 0.3) is 0 Å². The molecule has 102 valence electrons. The predicted molar refractivity (Wildman–Crippen MR) is 78.8 cm³/mol. The van der Waals surface area contributed by atoms with Gasteiger partial charge < -0.3 is 9.88 Å². The molecule has 20 heavy (non-hydrogen) atoms. The largest absolute Gasteiger partial charge is 0.381 e. The van der Waals surface area contributed by atoms with Crippen LogP contribution in [0.4, 0.5) is 5.69 Å². The molecule has 2 heterocycles. The Morgan fingerprint density at radius 3 is 2.75 bits per heavy atom. The molecule has 0 bridgehead atoms. The zero-order valence-electron chi connectivity index (χ0n) is 11.4. The number of rotatable bonds is 5. The van der Waals surface area contributed by atoms with Crippen LogP contribution in [0.1, 0.15) is 12.5 Å². The van der Waals surface area contributed by atoms with Crippen LogP contribution in [0.3, 0.4) is 0 Å². The van der Waals surface area contributed by atoms with E-state index in [2.05, 4.69) is 57.6 Å². The van der Waals surface area contributed by atoms with Crippen molar-refractivity contribution in [3.8, 4) is 5.69 Å². The molecule has 0 unspecified atom stereocenters. The number of benzene rings is 1. The second kappa shape index (κ2) is 5.61. The first kappa shape index (κ1) is 12.5. The van der Waals surface area contributed by atoms with Gasteiger partial charge in [-0.05, 0) is 36.8 Å². The summed E-state index contributed by atoms with van der Waals surface area (Å²) in [5.41, 5.74) is 3.41. The molecule has 0 aliphatic carbocycles. The molecule has 0 amide bonds. The van der Waals surface area contributed by atoms with E-state index in [1.165, 1.54) is 5.56 Å². The third-order valence-corrected chi connectivity index (χ3v) is 3.24. The summed E-state index contributed by atoms with van der Waals surface area (Å²) in [7, 11) is 0. The summed E-state index contributed by atoms with van der Waals surface area (Å²) in [5, 5.41) is 11.1. The van der Waals surface area contributed by atoms with E-state index in [1.807, 2.05) is 16.7 Å². The number of anilines is 1. The smallest absolute Gasteiger partial charge is 0.123 e. The summed E-state index contributed by atoms with van der Waals surface area (Å²) in [6.07, 6.45) is 7.65. The van der Waals surface area contributed by atoms with E-state index >= 15 is 0 Å². The molecule has 0 aliphatic heterocycles. The molecule has 0 aliphatic rings. The Balaban J connectivity index is 1.70. The SMILES string of the molecule is CCn1ccc(CNc2cccc(-n3cnnc3)c2)c1. The van der Waals surface area contributed by atoms with Crippen LogP contribution in [-0.2, 0) is 13.1 Å². The van der Waals surface area contributed by atoms with Crippen molar-refractivity contribution in [1.29, 1.82) is 0 Å². The third-order valence-electron chi connectivity index (χ3n) is 3.24. The molecular formula is C15H17N5. The van der Waals surface area contributed by atoms with Crippen molar-refractivity contribution in [2.45, 2.75) is 20.0 Å². The van der Waals surface area contributed by atoms with Gasteiger partial charge in [0.1, 0.15) is 12.7 Å². The first-order valence-electron chi connectivity index (χ1n) is 6.69. The normalized spacial score (nSPS) is 10.7. The number of hydrogen-bond donors (Lipinski definition) is 1. The van der Waals surface area contributed by atoms with Crippen molar-refractivity contribution in [2.24, 2.45) is 0 Å². The van der Waals surface area contributed by atoms with Crippen LogP contribution in [0, 0.1) is 0 Å². The Labute approximate surface area is 117 Å². The van der Waals surface area contributed by atoms with Gasteiger partial charge in [-0.1, -0.05) is 6.07 Å². The van der Waals surface area contributed by atoms with Crippen molar-refractivity contribution >= 4 is 5.69 Å². The number of nitrogens with one attached hydrogen (secondary N) is 1. The van der Waals surface area contributed by atoms with Crippen LogP contribution in [0.15, 0.2) is 55.4 Å². The summed E-state index contributed by atoms with van der Waals surface area (Å²) in [5.74, 6) is 0. The Morgan fingerprint density at radius 2 is 2.00 bits per heavy atom. The number of aryl methyl sites for hydroxylation is 1. The lowest BCUT2D eigenvalue weighted by Gasteiger charge is -2.07. The summed E-state index contributed by atoms with van der Waals surface area (Å²) >= 11 is 0. The highest BCUT2D eigenvalue weighted by Gasteiger charge is 2.00. The zero-order chi connectivity index (χ0) is 13.8. The molecular weight excluding hydrogens is 250 g/mol. The van der Waals surface area contributed by atoms with E-state index in [4.69, 9.17) is 0 Å². The van der Waals surface area contributed by atoms with Crippen molar-refractivity contribution in [2.75, 3.05) is 5.32 Å². The van der Waals surface area contributed by atoms with Gasteiger partial charge in [-0.2, -0.15) is 0 Å². The van der Waals surface area contributed by atoms with Crippen LogP contribution in [-0.4, -0.2) is 19.3 Å². The molecule has 0 spiro atoms. The van der Waals surface area contributed by atoms with Gasteiger partial charge in [-0.25, -0.2) is 0 Å². The molecule has 0 saturated heterocycles. The van der Waals surface area contributed by atoms with Gasteiger partial charge in [-0.15, -0.1) is 10.2 Å². The second-order valence-electron chi connectivity index (χ2n) is 4.62. The van der Waals surface area contributed by atoms with Crippen LogP contribution in [0.2, 0.25) is 0 Å². The highest BCUT2D eigenvalue weighted by molar-refractivity contribution is 5.51. The molecule has 5 heteroatoms. The maximum Gasteiger partial charge on any atom is 0.123 e. The minimum atomic E-state index is 0.818. The maximum absolute atomic E-state index is 3.82. The van der Waals surface area contributed by atoms with Gasteiger partial charge in [-0.3, -0.25) is 4.57 Å². The monoisotopic (exact) mass is 267 g/mol. The van der Waals surface area contributed by atoms with Gasteiger partial charge in [0.15, 0.2) is 0 Å². The van der Waals surface area contributed by atoms with E-state index in [-0.39, 0.29) is 0 Å². The lowest BCUT2D eigenvalue weighted by Crippen LogP contribution is -2.00. The highest BCUT2D eigenvalue weighted by atomic mass is 15.2. The molecule has 2 aromatic heterocycles. The van der Waals surface area contributed by atoms with Crippen LogP contribution in [0.5, 0.6) is 0 Å². The van der Waals surface area contributed by atoms with Gasteiger partial charge in [0, 0.05) is 31.2 Å². The zero-order valence-corrected chi connectivity index (χ0v) is 11.4. The molecule has 3 rings (SSSR count). The van der Waals surface area contributed by atoms with Crippen molar-refractivity contribution in [3.05, 3.63) is 60.9 Å². The van der Waals surface area contributed by atoms with Crippen LogP contribution >= 0.6 is 0 Å². The van der Waals surface area contributed by atoms with E-state index in [9.17, 15) is 0 Å². The van der Waals surface area contributed by atoms with Crippen LogP contribution in [0.25, 0.3) is 5.69 Å². The number of aromatic nitrogens is 4. The minimum absolute atomic E-state index is 0.818. The first-order chi connectivity index (χ1) is 9.85. The Bertz CT molecular complexity index is 669. The molecule has 3 aromatic rings. The average molecular weight is 267 g/mol. The van der Waals surface area contributed by atoms with Crippen LogP contribution < -0.4 is 5.32 Å². The molecule has 5 nitrogen and oxygen atoms in total. The van der Waals surface area contributed by atoms with E-state index < -0.39 is 0 Å². The summed E-state index contributed by atoms with van der Waals surface area (Å²) in [6, 6.07) is 10.3. The maximum atomic E-state index is 3.82. The fourth-order valence-corrected chi connectivity index (χ4v) is 2.11. The molecule has 0 radical (unpaired) electrons. The summed E-state index contributed by atoms with van der Waals surface area (Å²) in [4.78, 5) is 0. The van der Waals surface area contributed by atoms with E-state index in [0.29, 0.717) is 0 Å². The molecule has 1 N–H and O–H groups in total. The lowest BCUT2D eigenvalue weighted by molar-refractivity contribution is 0.766. The molecule has 0 saturated carbocycles. The number of nitrogens with zero attached hydrogens (tertiary/aromatic N) is 4. The summed E-state index contributed by atoms with van der Waals surface area (Å²) in [6.45, 7) is 3.96. The van der Waals surface area contributed by atoms with E-state index in [1.54, 1.807) is 12.7 Å². The Morgan fingerprint density at radius 1 is 1.15 bits per heavy atom. The Hall–Kier alpha value is -2.56. The quantitative estimate of drug-likeness (QED) is 0.773. The predicted octanol–water partition coefficient (Wildman–Crippen LogP) is 2.70. The van der Waals surface area contributed by atoms with Crippen molar-refractivity contribution in [1.82, 2.24) is 19.3 Å². The highest BCUT2D eigenvalue weighted by Crippen LogP contribution is 2.15. The topological polar surface area (TPSA) is 47.7 Å². The van der Waals surface area contributed by atoms with E-state index in [0.717, 1.165) is 24.5 Å². The first-order valence-corrected chi connectivity index (χ1v) is 6.69. The molecule has 0 fully saturated rings. The number of hydrogen-bond acceptors (Lipinski definition) is 3. The third kappa shape index (κ3) is 2.71. The minimum Gasteiger partial charge on any atom is -0.381 e. The average Bonchev–Trinajstić information content (AvgIpc) is 3.17. The molecule has 0 atom stereocenters. The second-order valence-corrected chi connectivity index (χ2v) is 4.62. The summed E-state index contributed by atoms with van der Waals surface area (Å²) < 4.78 is 4.06. The lowest BCUT2D eigenvalue weighted by atomic mass is 10.2. The van der Waals surface area contributed by atoms with Gasteiger partial charge in [0.2, 0.25) is 0 Å². The fourth-order valence-electron chi connectivity index (χ4n) is 2.11. The Kier molecular flexibility index (Phi) is 3.50. The standard InChI is InChI=1S/C15H17N5/c1-2-19-7-6-13(10-19)9-16-14-4-3-5-15(8-14)20-11-17-18-12-20/h3-8,10-12,16H,2,9H2,1H3. The van der Waals surface area contributed by atoms with Crippen molar-refractivity contribution in [3.63, 3.8) is 0 Å². The fraction of sp³-hybridized carbons (Fsp3) is 0.200.